The molecule has 0 unspecified atom stereocenters. The van der Waals surface area contributed by atoms with Crippen LogP contribution in [0.15, 0.2) is 182 Å². The molecule has 0 saturated heterocycles. The molecular weight excluding hydrogens is 1830 g/mol. The maximum atomic E-state index is 13.9. The fraction of sp³-hybridized carbons (Fsp3) is 0.398. The van der Waals surface area contributed by atoms with Crippen LogP contribution in [0.25, 0.3) is 53.9 Å². The summed E-state index contributed by atoms with van der Waals surface area (Å²) in [4.78, 5) is 144. The number of nitrogens with zero attached hydrogens (tertiary/aromatic N) is 7. The molecule has 5 aliphatic carbocycles. The molecule has 0 bridgehead atoms. The second-order valence-corrected chi connectivity index (χ2v) is 35.1. The maximum Gasteiger partial charge on any atom is 0.419 e. The van der Waals surface area contributed by atoms with Crippen molar-refractivity contribution in [3.05, 3.63) is 292 Å². The van der Waals surface area contributed by atoms with Gasteiger partial charge in [-0.1, -0.05) is 70.2 Å². The molecule has 5 aliphatic rings. The number of carbonyl (C=O) groups excluding carboxylic acids is 5. The third kappa shape index (κ3) is 25.3. The van der Waals surface area contributed by atoms with Crippen molar-refractivity contribution in [2.45, 2.75) is 232 Å². The third-order valence-electron chi connectivity index (χ3n) is 24.6. The van der Waals surface area contributed by atoms with Crippen molar-refractivity contribution < 1.29 is 93.4 Å². The van der Waals surface area contributed by atoms with Gasteiger partial charge in [0.2, 0.25) is 11.8 Å². The van der Waals surface area contributed by atoms with Crippen molar-refractivity contribution >= 4 is 112 Å². The molecule has 37 heteroatoms. The second-order valence-electron chi connectivity index (χ2n) is 35.1. The van der Waals surface area contributed by atoms with Crippen LogP contribution in [0.2, 0.25) is 0 Å². The van der Waals surface area contributed by atoms with E-state index in [4.69, 9.17) is 19.9 Å². The van der Waals surface area contributed by atoms with Gasteiger partial charge in [-0.3, -0.25) is 68.2 Å². The van der Waals surface area contributed by atoms with Crippen molar-refractivity contribution in [3.8, 4) is 0 Å². The van der Waals surface area contributed by atoms with Gasteiger partial charge in [-0.05, 0) is 241 Å². The highest BCUT2D eigenvalue weighted by Crippen LogP contribution is 2.51. The summed E-state index contributed by atoms with van der Waals surface area (Å²) in [5.74, 6) is -3.70. The number of esters is 3. The van der Waals surface area contributed by atoms with Crippen LogP contribution in [0.5, 0.6) is 0 Å². The summed E-state index contributed by atoms with van der Waals surface area (Å²) >= 11 is 0. The van der Waals surface area contributed by atoms with Crippen LogP contribution >= 0.6 is 0 Å². The molecule has 2 amide bonds. The van der Waals surface area contributed by atoms with E-state index in [1.165, 1.54) is 64.3 Å². The number of nitrogens with one attached hydrogen (secondary N) is 2. The lowest BCUT2D eigenvalue weighted by Crippen LogP contribution is -2.26. The van der Waals surface area contributed by atoms with Gasteiger partial charge in [0.15, 0.2) is 0 Å². The minimum atomic E-state index is -4.82. The Hall–Kier alpha value is -14.1. The van der Waals surface area contributed by atoms with Gasteiger partial charge in [-0.2, -0.15) is 26.3 Å². The average molecular weight is 1950 g/mol. The van der Waals surface area contributed by atoms with Crippen LogP contribution < -0.4 is 44.2 Å². The van der Waals surface area contributed by atoms with E-state index in [1.807, 2.05) is 52.8 Å². The van der Waals surface area contributed by atoms with E-state index < -0.39 is 80.8 Å². The number of pyridine rings is 5. The molecule has 5 aromatic heterocycles. The van der Waals surface area contributed by atoms with Crippen molar-refractivity contribution in [2.24, 2.45) is 0 Å². The second kappa shape index (κ2) is 45.7. The van der Waals surface area contributed by atoms with E-state index in [9.17, 15) is 114 Å². The predicted molar refractivity (Wildman–Crippen MR) is 516 cm³/mol. The van der Waals surface area contributed by atoms with Crippen LogP contribution in [-0.4, -0.2) is 106 Å². The van der Waals surface area contributed by atoms with E-state index in [0.29, 0.717) is 95.6 Å². The number of nitrogen functional groups attached to an aromatic ring is 1. The van der Waals surface area contributed by atoms with Gasteiger partial charge < -0.3 is 63.6 Å². The number of fused-ring (bicyclic) bond motifs is 5. The largest absolute Gasteiger partial charge is 0.464 e. The van der Waals surface area contributed by atoms with Gasteiger partial charge in [0, 0.05) is 101 Å². The first-order valence-electron chi connectivity index (χ1n) is 46.3. The van der Waals surface area contributed by atoms with Gasteiger partial charge in [0.25, 0.3) is 39.2 Å². The van der Waals surface area contributed by atoms with Gasteiger partial charge in [0.05, 0.1) is 110 Å². The molecule has 6 N–H and O–H groups in total. The van der Waals surface area contributed by atoms with E-state index >= 15 is 0 Å². The van der Waals surface area contributed by atoms with Gasteiger partial charge in [-0.15, -0.1) is 0 Å². The number of aromatic nitrogens is 5. The molecule has 7 aromatic carbocycles. The summed E-state index contributed by atoms with van der Waals surface area (Å²) in [6.45, 7) is 20.6. The zero-order valence-corrected chi connectivity index (χ0v) is 79.4. The number of anilines is 3. The minimum Gasteiger partial charge on any atom is -0.464 e. The van der Waals surface area contributed by atoms with Crippen LogP contribution in [0.1, 0.15) is 257 Å². The lowest BCUT2D eigenvalue weighted by atomic mass is 10.0. The summed E-state index contributed by atoms with van der Waals surface area (Å²) < 4.78 is 127. The Morgan fingerprint density at radius 3 is 0.907 bits per heavy atom. The first-order chi connectivity index (χ1) is 66.5. The first-order valence-corrected chi connectivity index (χ1v) is 46.3. The van der Waals surface area contributed by atoms with Crippen molar-refractivity contribution in [1.29, 1.82) is 0 Å². The van der Waals surface area contributed by atoms with Crippen LogP contribution in [0.4, 0.5) is 63.6 Å². The highest BCUT2D eigenvalue weighted by Gasteiger charge is 2.39. The number of nitro benzene ring substituents is 2. The highest BCUT2D eigenvalue weighted by atomic mass is 19.4. The summed E-state index contributed by atoms with van der Waals surface area (Å²) in [5.41, 5.74) is 8.35. The predicted octanol–water partition coefficient (Wildman–Crippen LogP) is 20.0. The third-order valence-corrected chi connectivity index (χ3v) is 24.6. The molecule has 0 spiro atoms. The lowest BCUT2D eigenvalue weighted by Gasteiger charge is -2.18. The fourth-order valence-corrected chi connectivity index (χ4v) is 16.5. The van der Waals surface area contributed by atoms with Crippen molar-refractivity contribution in [3.63, 3.8) is 0 Å². The van der Waals surface area contributed by atoms with Crippen LogP contribution in [-0.2, 0) is 63.4 Å². The van der Waals surface area contributed by atoms with E-state index in [1.54, 1.807) is 124 Å². The van der Waals surface area contributed by atoms with Crippen LogP contribution in [0, 0.1) is 31.9 Å². The average Bonchev–Trinajstić information content (AvgIpc) is 1.68. The molecule has 17 rings (SSSR count). The van der Waals surface area contributed by atoms with Crippen molar-refractivity contribution in [2.75, 3.05) is 49.4 Å². The lowest BCUT2D eigenvalue weighted by molar-refractivity contribution is -0.383. The van der Waals surface area contributed by atoms with Crippen LogP contribution in [0.3, 0.4) is 0 Å². The number of alkyl halides is 6. The number of nitrogens with two attached hydrogens (primary N) is 1. The minimum absolute atomic E-state index is 0.0220. The molecule has 5 heterocycles. The molecule has 744 valence electrons. The number of aliphatic hydroxyl groups is 2. The molecule has 5 atom stereocenters. The van der Waals surface area contributed by atoms with E-state index in [0.717, 1.165) is 96.8 Å². The Morgan fingerprint density at radius 2 is 0.636 bits per heavy atom. The number of halogens is 8. The topological polar surface area (TPSA) is 400 Å². The maximum absolute atomic E-state index is 13.9. The fourth-order valence-electron chi connectivity index (χ4n) is 16.5. The number of aliphatic hydroxyl groups excluding tert-OH is 2. The molecule has 0 aliphatic heterocycles. The number of hydrogen-bond acceptors (Lipinski definition) is 20. The van der Waals surface area contributed by atoms with Gasteiger partial charge >= 0.3 is 30.3 Å². The summed E-state index contributed by atoms with van der Waals surface area (Å²) in [7, 11) is 0. The molecule has 5 fully saturated rings. The summed E-state index contributed by atoms with van der Waals surface area (Å²) in [5, 5.41) is 51.7. The number of hydrogen-bond donors (Lipinski definition) is 5. The van der Waals surface area contributed by atoms with E-state index in [2.05, 4.69) is 10.6 Å². The molecular formula is C103H112F8N10O19. The molecule has 12 aromatic rings. The SMILES string of the molecule is CC.CC.CC(=O)OC[C@@H](C)n1ccc2c(N)c(C3CC3)ccc2c1=O.CC(=O)OC[C@@H](C)n1ccc2c(NC(=O)Cc3ccc(C(F)(F)F)c(F)c3)c(C3CC3)ccc2c1=O.CC(=O)OC[C@@H](C)n1ccc2c([N+](=O)[O-])c(C3CC3)ccc2c1=O.C[C@H](CO)n1ccc2c(NC(=O)Cc3ccc(C(F)(F)F)c(F)c3)c(C3CC3)ccc2c1=O.C[C@H](CO)n1ccc2c([N+](=O)[O-])c(C3CC3)ccc2c1=O. The standard InChI is InChI=1S/C26H24F4N2O4.C24H22F4N2O3.C17H18N2O5.C17H20N2O3.C15H16N2O4.2C2H6/c1-14(13-36-15(2)33)32-10-9-19-20(25(32)35)7-6-18(17-4-5-17)24(19)31-23(34)12-16-3-8-21(22(27)11-16)26(28,29)30;1-13(12-31)30-9-8-17-18(23(30)33)6-5-16(15-3-4-15)22(17)29-21(32)11-14-2-7-19(20(25)10-14)24(26,27)28;1-10(9-24-11(2)20)18-8-7-14-15(17(18)21)6-5-13(12-3-4-12)16(14)19(22)23;1-10(9-22-11(2)20)19-8-7-14-15(17(19)21)6-5-13(16(14)18)12-3-4-12;1-9(8-18)16-7-6-12-13(15(16)19)5-4-11(10-2-3-10)14(12)17(20)21;2*1-2/h3,6-11,14,17H,4-5,12-13H2,1-2H3,(H,31,34);2,5-10,13,15,31H,3-4,11-12H2,1H3,(H,29,32);5-8,10,12H,3-4,9H2,1-2H3;5-8,10,12H,3-4,9,18H2,1-2H3;4-7,9-10,18H,2-3,8H2,1H3;2*1-2H3/t14-;13-;2*10-;9-;;/m11111../s1. The summed E-state index contributed by atoms with van der Waals surface area (Å²) in [6.07, 6.45) is 7.50. The van der Waals surface area contributed by atoms with Gasteiger partial charge in [-0.25, -0.2) is 8.78 Å². The number of rotatable bonds is 26. The molecule has 0 radical (unpaired) electrons. The number of carbonyl (C=O) groups is 5. The Labute approximate surface area is 798 Å². The normalized spacial score (nSPS) is 14.8. The monoisotopic (exact) mass is 1940 g/mol. The smallest absolute Gasteiger partial charge is 0.419 e. The Kier molecular flexibility index (Phi) is 34.7. The number of benzene rings is 7. The summed E-state index contributed by atoms with van der Waals surface area (Å²) in [6, 6.07) is 29.0. The Balaban J connectivity index is 0.000000168. The highest BCUT2D eigenvalue weighted by molar-refractivity contribution is 6.06. The zero-order chi connectivity index (χ0) is 103. The molecule has 5 saturated carbocycles. The molecule has 140 heavy (non-hydrogen) atoms. The molecule has 29 nitrogen and oxygen atoms in total. The van der Waals surface area contributed by atoms with Gasteiger partial charge in [0.1, 0.15) is 31.5 Å². The first kappa shape index (κ1) is 106. The Morgan fingerprint density at radius 1 is 0.386 bits per heavy atom. The van der Waals surface area contributed by atoms with E-state index in [-0.39, 0.29) is 144 Å². The number of ether oxygens (including phenoxy) is 3. The number of nitro groups is 2. The van der Waals surface area contributed by atoms with Crippen molar-refractivity contribution in [1.82, 2.24) is 22.8 Å². The quantitative estimate of drug-likeness (QED) is 0.00839. The Bertz CT molecular complexity index is 7030. The zero-order valence-electron chi connectivity index (χ0n) is 79.4. The number of amides is 2.